The fourth-order valence-electron chi connectivity index (χ4n) is 2.72. The van der Waals surface area contributed by atoms with Crippen LogP contribution in [0.15, 0.2) is 11.5 Å². The number of alkyl carbamates (subject to hydrolysis) is 1. The number of ether oxygens (including phenoxy) is 1. The molecule has 0 spiro atoms. The van der Waals surface area contributed by atoms with Crippen LogP contribution in [0.3, 0.4) is 0 Å². The van der Waals surface area contributed by atoms with E-state index in [-0.39, 0.29) is 30.5 Å². The van der Waals surface area contributed by atoms with Gasteiger partial charge in [0.15, 0.2) is 0 Å². The first-order chi connectivity index (χ1) is 10.4. The molecule has 1 unspecified atom stereocenters. The molecule has 1 aliphatic heterocycles. The molecule has 130 valence electrons. The summed E-state index contributed by atoms with van der Waals surface area (Å²) < 4.78 is 17.5. The Morgan fingerprint density at radius 2 is 1.83 bits per heavy atom. The van der Waals surface area contributed by atoms with E-state index < -0.39 is 5.60 Å². The Morgan fingerprint density at radius 3 is 2.35 bits per heavy atom. The van der Waals surface area contributed by atoms with Gasteiger partial charge in [0.25, 0.3) is 0 Å². The van der Waals surface area contributed by atoms with Crippen molar-refractivity contribution in [3.8, 4) is 0 Å². The summed E-state index contributed by atoms with van der Waals surface area (Å²) in [7, 11) is -0.330. The summed E-state index contributed by atoms with van der Waals surface area (Å²) in [6, 6.07) is 0.0591. The summed E-state index contributed by atoms with van der Waals surface area (Å²) in [4.78, 5) is 11.9. The second-order valence-corrected chi connectivity index (χ2v) is 8.49. The molecule has 0 aromatic heterocycles. The first kappa shape index (κ1) is 18.3. The highest BCUT2D eigenvalue weighted by Crippen LogP contribution is 2.40. The van der Waals surface area contributed by atoms with Gasteiger partial charge in [-0.15, -0.1) is 0 Å². The van der Waals surface area contributed by atoms with Crippen LogP contribution in [0.1, 0.15) is 67.7 Å². The Bertz CT molecular complexity index is 477. The molecule has 0 radical (unpaired) electrons. The average molecular weight is 323 g/mol. The van der Waals surface area contributed by atoms with Gasteiger partial charge in [0.05, 0.1) is 11.2 Å². The molecule has 1 fully saturated rings. The third kappa shape index (κ3) is 4.51. The van der Waals surface area contributed by atoms with E-state index in [0.717, 1.165) is 24.7 Å². The molecule has 0 saturated carbocycles. The van der Waals surface area contributed by atoms with Crippen molar-refractivity contribution in [2.75, 3.05) is 0 Å². The molecule has 2 rings (SSSR count). The van der Waals surface area contributed by atoms with Crippen LogP contribution in [0, 0.1) is 0 Å². The SMILES string of the molecule is CC(C)(C)OC(=O)NC1CCC=C(B2OC(C)(C)C(C)(C)O2)C1. The van der Waals surface area contributed by atoms with Crippen LogP contribution in [-0.4, -0.2) is 36.1 Å². The maximum atomic E-state index is 11.9. The van der Waals surface area contributed by atoms with E-state index in [1.807, 2.05) is 48.5 Å². The van der Waals surface area contributed by atoms with Crippen molar-refractivity contribution in [3.63, 3.8) is 0 Å². The molecule has 5 nitrogen and oxygen atoms in total. The first-order valence-corrected chi connectivity index (χ1v) is 8.44. The van der Waals surface area contributed by atoms with Crippen molar-refractivity contribution >= 4 is 13.2 Å². The standard InChI is InChI=1S/C17H30BNO4/c1-15(2,3)21-14(20)19-13-10-8-9-12(11-13)18-22-16(4,5)17(6,7)23-18/h9,13H,8,10-11H2,1-7H3,(H,19,20). The number of hydrogen-bond acceptors (Lipinski definition) is 4. The fraction of sp³-hybridized carbons (Fsp3) is 0.824. The van der Waals surface area contributed by atoms with Gasteiger partial charge in [-0.3, -0.25) is 0 Å². The molecule has 1 saturated heterocycles. The van der Waals surface area contributed by atoms with Gasteiger partial charge in [-0.25, -0.2) is 4.79 Å². The first-order valence-electron chi connectivity index (χ1n) is 8.44. The Balaban J connectivity index is 1.94. The van der Waals surface area contributed by atoms with Crippen LogP contribution in [-0.2, 0) is 14.0 Å². The minimum absolute atomic E-state index is 0.0591. The molecule has 2 aliphatic rings. The highest BCUT2D eigenvalue weighted by atomic mass is 16.7. The van der Waals surface area contributed by atoms with Crippen LogP contribution < -0.4 is 5.32 Å². The molecular weight excluding hydrogens is 293 g/mol. The maximum absolute atomic E-state index is 11.9. The highest BCUT2D eigenvalue weighted by molar-refractivity contribution is 6.54. The van der Waals surface area contributed by atoms with E-state index in [2.05, 4.69) is 11.4 Å². The summed E-state index contributed by atoms with van der Waals surface area (Å²) in [6.45, 7) is 13.8. The predicted molar refractivity (Wildman–Crippen MR) is 91.2 cm³/mol. The lowest BCUT2D eigenvalue weighted by molar-refractivity contribution is 0.00578. The molecular formula is C17H30BNO4. The molecule has 23 heavy (non-hydrogen) atoms. The van der Waals surface area contributed by atoms with Crippen molar-refractivity contribution in [1.82, 2.24) is 5.32 Å². The van der Waals surface area contributed by atoms with Gasteiger partial charge in [0.2, 0.25) is 0 Å². The zero-order chi connectivity index (χ0) is 17.5. The number of carbonyl (C=O) groups excluding carboxylic acids is 1. The van der Waals surface area contributed by atoms with Crippen LogP contribution in [0.25, 0.3) is 0 Å². The normalized spacial score (nSPS) is 26.7. The summed E-state index contributed by atoms with van der Waals surface area (Å²) in [5, 5.41) is 2.96. The number of amides is 1. The second-order valence-electron chi connectivity index (χ2n) is 8.49. The van der Waals surface area contributed by atoms with E-state index in [4.69, 9.17) is 14.0 Å². The van der Waals surface area contributed by atoms with Gasteiger partial charge in [-0.1, -0.05) is 6.08 Å². The number of hydrogen-bond donors (Lipinski definition) is 1. The maximum Gasteiger partial charge on any atom is 0.490 e. The minimum Gasteiger partial charge on any atom is -0.444 e. The highest BCUT2D eigenvalue weighted by Gasteiger charge is 2.52. The van der Waals surface area contributed by atoms with Crippen molar-refractivity contribution in [1.29, 1.82) is 0 Å². The average Bonchev–Trinajstić information content (AvgIpc) is 2.56. The lowest BCUT2D eigenvalue weighted by Gasteiger charge is -2.32. The summed E-state index contributed by atoms with van der Waals surface area (Å²) in [5.41, 5.74) is -0.0620. The van der Waals surface area contributed by atoms with Crippen LogP contribution >= 0.6 is 0 Å². The van der Waals surface area contributed by atoms with Gasteiger partial charge in [0.1, 0.15) is 5.60 Å². The van der Waals surface area contributed by atoms with E-state index in [0.29, 0.717) is 0 Å². The topological polar surface area (TPSA) is 56.8 Å². The van der Waals surface area contributed by atoms with E-state index in [1.54, 1.807) is 0 Å². The van der Waals surface area contributed by atoms with Crippen molar-refractivity contribution in [3.05, 3.63) is 11.5 Å². The third-order valence-corrected chi connectivity index (χ3v) is 4.68. The Kier molecular flexibility index (Phi) is 4.89. The molecule has 0 aromatic carbocycles. The Morgan fingerprint density at radius 1 is 1.26 bits per heavy atom. The van der Waals surface area contributed by atoms with Crippen LogP contribution in [0.4, 0.5) is 4.79 Å². The molecule has 1 N–H and O–H groups in total. The summed E-state index contributed by atoms with van der Waals surface area (Å²) >= 11 is 0. The lowest BCUT2D eigenvalue weighted by atomic mass is 9.71. The lowest BCUT2D eigenvalue weighted by Crippen LogP contribution is -2.41. The Labute approximate surface area is 140 Å². The van der Waals surface area contributed by atoms with Gasteiger partial charge in [-0.05, 0) is 73.2 Å². The molecule has 1 amide bonds. The van der Waals surface area contributed by atoms with Crippen molar-refractivity contribution in [2.45, 2.75) is 90.6 Å². The monoisotopic (exact) mass is 323 g/mol. The number of nitrogens with one attached hydrogen (secondary N) is 1. The van der Waals surface area contributed by atoms with Gasteiger partial charge in [0, 0.05) is 6.04 Å². The molecule has 1 aliphatic carbocycles. The van der Waals surface area contributed by atoms with Crippen LogP contribution in [0.5, 0.6) is 0 Å². The Hall–Kier alpha value is -1.01. The zero-order valence-corrected chi connectivity index (χ0v) is 15.5. The molecule has 1 heterocycles. The third-order valence-electron chi connectivity index (χ3n) is 4.68. The largest absolute Gasteiger partial charge is 0.490 e. The number of rotatable bonds is 2. The van der Waals surface area contributed by atoms with E-state index >= 15 is 0 Å². The summed E-state index contributed by atoms with van der Waals surface area (Å²) in [5.74, 6) is 0. The van der Waals surface area contributed by atoms with Crippen molar-refractivity contribution in [2.24, 2.45) is 0 Å². The molecule has 1 atom stereocenters. The van der Waals surface area contributed by atoms with E-state index in [1.165, 1.54) is 0 Å². The fourth-order valence-corrected chi connectivity index (χ4v) is 2.72. The summed E-state index contributed by atoms with van der Waals surface area (Å²) in [6.07, 6.45) is 4.35. The quantitative estimate of drug-likeness (QED) is 0.789. The van der Waals surface area contributed by atoms with Gasteiger partial charge in [-0.2, -0.15) is 0 Å². The predicted octanol–water partition coefficient (Wildman–Crippen LogP) is 3.62. The minimum atomic E-state index is -0.483. The molecule has 6 heteroatoms. The molecule has 0 bridgehead atoms. The zero-order valence-electron chi connectivity index (χ0n) is 15.5. The van der Waals surface area contributed by atoms with Crippen molar-refractivity contribution < 1.29 is 18.8 Å². The smallest absolute Gasteiger partial charge is 0.444 e. The number of allylic oxidation sites excluding steroid dienone is 1. The second kappa shape index (κ2) is 6.13. The van der Waals surface area contributed by atoms with Gasteiger partial charge < -0.3 is 19.4 Å². The van der Waals surface area contributed by atoms with Gasteiger partial charge >= 0.3 is 13.2 Å². The molecule has 0 aromatic rings. The van der Waals surface area contributed by atoms with Crippen LogP contribution in [0.2, 0.25) is 0 Å². The van der Waals surface area contributed by atoms with E-state index in [9.17, 15) is 4.79 Å². The number of carbonyl (C=O) groups is 1.